The molecule has 1 aliphatic heterocycles. The lowest BCUT2D eigenvalue weighted by atomic mass is 10.2. The normalized spacial score (nSPS) is 19.5. The van der Waals surface area contributed by atoms with Crippen molar-refractivity contribution in [2.75, 3.05) is 26.4 Å². The Bertz CT molecular complexity index is 339. The first-order valence-corrected chi connectivity index (χ1v) is 8.15. The van der Waals surface area contributed by atoms with E-state index in [0.29, 0.717) is 6.10 Å². The van der Waals surface area contributed by atoms with Crippen LogP contribution in [0.15, 0.2) is 15.9 Å². The molecule has 0 bridgehead atoms. The molecule has 1 aromatic rings. The quantitative estimate of drug-likeness (QED) is 0.741. The van der Waals surface area contributed by atoms with E-state index in [2.05, 4.69) is 32.7 Å². The Morgan fingerprint density at radius 3 is 3.22 bits per heavy atom. The maximum atomic E-state index is 5.60. The molecule has 0 saturated carbocycles. The van der Waals surface area contributed by atoms with Gasteiger partial charge in [0.25, 0.3) is 0 Å². The number of rotatable bonds is 8. The molecule has 1 aliphatic rings. The summed E-state index contributed by atoms with van der Waals surface area (Å²) in [6, 6.07) is 2.16. The van der Waals surface area contributed by atoms with Crippen LogP contribution in [0.4, 0.5) is 0 Å². The van der Waals surface area contributed by atoms with Crippen LogP contribution in [-0.4, -0.2) is 32.5 Å². The van der Waals surface area contributed by atoms with E-state index in [-0.39, 0.29) is 0 Å². The van der Waals surface area contributed by atoms with Gasteiger partial charge in [0.15, 0.2) is 0 Å². The van der Waals surface area contributed by atoms with Crippen LogP contribution < -0.4 is 5.32 Å². The first-order valence-electron chi connectivity index (χ1n) is 6.47. The molecule has 102 valence electrons. The molecule has 1 saturated heterocycles. The summed E-state index contributed by atoms with van der Waals surface area (Å²) in [6.07, 6.45) is 3.75. The molecule has 0 spiro atoms. The predicted molar refractivity (Wildman–Crippen MR) is 78.1 cm³/mol. The topological polar surface area (TPSA) is 30.5 Å². The van der Waals surface area contributed by atoms with Crippen molar-refractivity contribution >= 4 is 27.3 Å². The van der Waals surface area contributed by atoms with Crippen LogP contribution in [-0.2, 0) is 16.0 Å². The summed E-state index contributed by atoms with van der Waals surface area (Å²) in [5, 5.41) is 5.53. The van der Waals surface area contributed by atoms with E-state index in [9.17, 15) is 0 Å². The minimum absolute atomic E-state index is 0.349. The van der Waals surface area contributed by atoms with Crippen molar-refractivity contribution in [1.82, 2.24) is 5.32 Å². The number of halogens is 1. The average molecular weight is 334 g/mol. The third kappa shape index (κ3) is 5.36. The number of hydrogen-bond donors (Lipinski definition) is 1. The van der Waals surface area contributed by atoms with E-state index >= 15 is 0 Å². The standard InChI is InChI=1S/C13H20BrNO2S/c14-11-7-13(18-10-11)8-15-4-2-5-16-9-12-3-1-6-17-12/h7,10,12,15H,1-6,8-9H2. The van der Waals surface area contributed by atoms with Crippen LogP contribution in [0.1, 0.15) is 24.1 Å². The molecule has 0 aromatic carbocycles. The molecular weight excluding hydrogens is 314 g/mol. The van der Waals surface area contributed by atoms with Gasteiger partial charge in [0.05, 0.1) is 12.7 Å². The summed E-state index contributed by atoms with van der Waals surface area (Å²) in [5.41, 5.74) is 0. The van der Waals surface area contributed by atoms with E-state index in [1.165, 1.54) is 15.8 Å². The lowest BCUT2D eigenvalue weighted by molar-refractivity contribution is 0.0166. The molecular formula is C13H20BrNO2S. The van der Waals surface area contributed by atoms with Crippen molar-refractivity contribution in [1.29, 1.82) is 0 Å². The molecule has 1 unspecified atom stereocenters. The Labute approximate surface area is 121 Å². The number of thiophene rings is 1. The van der Waals surface area contributed by atoms with Crippen LogP contribution in [0, 0.1) is 0 Å². The van der Waals surface area contributed by atoms with Gasteiger partial charge in [-0.05, 0) is 47.8 Å². The van der Waals surface area contributed by atoms with E-state index in [4.69, 9.17) is 9.47 Å². The third-order valence-electron chi connectivity index (χ3n) is 2.89. The summed E-state index contributed by atoms with van der Waals surface area (Å²) >= 11 is 5.24. The molecule has 3 nitrogen and oxygen atoms in total. The fourth-order valence-corrected chi connectivity index (χ4v) is 3.37. The minimum Gasteiger partial charge on any atom is -0.379 e. The second kappa shape index (κ2) is 8.27. The van der Waals surface area contributed by atoms with E-state index < -0.39 is 0 Å². The molecule has 5 heteroatoms. The van der Waals surface area contributed by atoms with Gasteiger partial charge in [-0.2, -0.15) is 0 Å². The number of nitrogens with one attached hydrogen (secondary N) is 1. The Balaban J connectivity index is 1.41. The highest BCUT2D eigenvalue weighted by molar-refractivity contribution is 9.10. The fraction of sp³-hybridized carbons (Fsp3) is 0.692. The number of ether oxygens (including phenoxy) is 2. The molecule has 1 atom stereocenters. The monoisotopic (exact) mass is 333 g/mol. The highest BCUT2D eigenvalue weighted by Gasteiger charge is 2.14. The molecule has 2 heterocycles. The summed E-state index contributed by atoms with van der Waals surface area (Å²) < 4.78 is 12.3. The van der Waals surface area contributed by atoms with Crippen molar-refractivity contribution < 1.29 is 9.47 Å². The average Bonchev–Trinajstić information content (AvgIpc) is 3.00. The Morgan fingerprint density at radius 1 is 1.56 bits per heavy atom. The number of hydrogen-bond acceptors (Lipinski definition) is 4. The zero-order valence-electron chi connectivity index (χ0n) is 10.5. The van der Waals surface area contributed by atoms with Gasteiger partial charge in [-0.1, -0.05) is 0 Å². The van der Waals surface area contributed by atoms with Crippen LogP contribution in [0.5, 0.6) is 0 Å². The van der Waals surface area contributed by atoms with E-state index in [1.54, 1.807) is 11.3 Å². The summed E-state index contributed by atoms with van der Waals surface area (Å²) in [4.78, 5) is 1.36. The first-order chi connectivity index (χ1) is 8.84. The van der Waals surface area contributed by atoms with Crippen molar-refractivity contribution in [3.05, 3.63) is 20.8 Å². The van der Waals surface area contributed by atoms with E-state index in [1.807, 2.05) is 0 Å². The molecule has 0 aliphatic carbocycles. The predicted octanol–water partition coefficient (Wildman–Crippen LogP) is 3.19. The third-order valence-corrected chi connectivity index (χ3v) is 4.59. The SMILES string of the molecule is Brc1csc(CNCCCOCC2CCCO2)c1. The largest absolute Gasteiger partial charge is 0.379 e. The molecule has 2 rings (SSSR count). The first kappa shape index (κ1) is 14.5. The smallest absolute Gasteiger partial charge is 0.0809 e. The summed E-state index contributed by atoms with van der Waals surface area (Å²) in [5.74, 6) is 0. The van der Waals surface area contributed by atoms with Crippen molar-refractivity contribution in [2.45, 2.75) is 31.9 Å². The highest BCUT2D eigenvalue weighted by Crippen LogP contribution is 2.19. The lowest BCUT2D eigenvalue weighted by Crippen LogP contribution is -2.18. The molecule has 0 radical (unpaired) electrons. The highest BCUT2D eigenvalue weighted by atomic mass is 79.9. The molecule has 18 heavy (non-hydrogen) atoms. The molecule has 1 N–H and O–H groups in total. The lowest BCUT2D eigenvalue weighted by Gasteiger charge is -2.10. The Morgan fingerprint density at radius 2 is 2.50 bits per heavy atom. The van der Waals surface area contributed by atoms with Gasteiger partial charge < -0.3 is 14.8 Å². The zero-order chi connectivity index (χ0) is 12.6. The maximum Gasteiger partial charge on any atom is 0.0809 e. The van der Waals surface area contributed by atoms with Gasteiger partial charge in [-0.3, -0.25) is 0 Å². The van der Waals surface area contributed by atoms with Crippen molar-refractivity contribution in [3.63, 3.8) is 0 Å². The van der Waals surface area contributed by atoms with Crippen LogP contribution in [0.3, 0.4) is 0 Å². The van der Waals surface area contributed by atoms with E-state index in [0.717, 1.165) is 45.8 Å². The second-order valence-corrected chi connectivity index (χ2v) is 6.38. The van der Waals surface area contributed by atoms with Gasteiger partial charge >= 0.3 is 0 Å². The Kier molecular flexibility index (Phi) is 6.65. The van der Waals surface area contributed by atoms with Gasteiger partial charge in [0.2, 0.25) is 0 Å². The summed E-state index contributed by atoms with van der Waals surface area (Å²) in [7, 11) is 0. The van der Waals surface area contributed by atoms with Crippen LogP contribution in [0.2, 0.25) is 0 Å². The zero-order valence-corrected chi connectivity index (χ0v) is 12.9. The fourth-order valence-electron chi connectivity index (χ4n) is 1.95. The Hall–Kier alpha value is 0.0600. The van der Waals surface area contributed by atoms with Crippen molar-refractivity contribution in [2.24, 2.45) is 0 Å². The molecule has 1 aromatic heterocycles. The second-order valence-electron chi connectivity index (χ2n) is 4.47. The van der Waals surface area contributed by atoms with Crippen LogP contribution in [0.25, 0.3) is 0 Å². The molecule has 1 fully saturated rings. The van der Waals surface area contributed by atoms with Gasteiger partial charge in [0.1, 0.15) is 0 Å². The molecule has 0 amide bonds. The van der Waals surface area contributed by atoms with Gasteiger partial charge in [-0.15, -0.1) is 11.3 Å². The van der Waals surface area contributed by atoms with Crippen molar-refractivity contribution in [3.8, 4) is 0 Å². The van der Waals surface area contributed by atoms with Crippen LogP contribution >= 0.6 is 27.3 Å². The minimum atomic E-state index is 0.349. The van der Waals surface area contributed by atoms with Gasteiger partial charge in [-0.25, -0.2) is 0 Å². The maximum absolute atomic E-state index is 5.60. The van der Waals surface area contributed by atoms with Gasteiger partial charge in [0, 0.05) is 34.5 Å². The summed E-state index contributed by atoms with van der Waals surface area (Å²) in [6.45, 7) is 4.44.